The van der Waals surface area contributed by atoms with Crippen molar-refractivity contribution >= 4 is 40.7 Å². The molecule has 0 aliphatic carbocycles. The molecule has 7 heteroatoms. The summed E-state index contributed by atoms with van der Waals surface area (Å²) >= 11 is 9.41. The molecule has 1 aromatic carbocycles. The van der Waals surface area contributed by atoms with Crippen molar-refractivity contribution in [2.24, 2.45) is 4.99 Å². The molecule has 0 saturated heterocycles. The van der Waals surface area contributed by atoms with Crippen LogP contribution in [0.25, 0.3) is 0 Å². The summed E-state index contributed by atoms with van der Waals surface area (Å²) in [7, 11) is 1.78. The van der Waals surface area contributed by atoms with E-state index in [-0.39, 0.29) is 0 Å². The zero-order valence-electron chi connectivity index (χ0n) is 13.3. The van der Waals surface area contributed by atoms with Crippen molar-refractivity contribution in [1.29, 1.82) is 0 Å². The molecule has 0 fully saturated rings. The van der Waals surface area contributed by atoms with Crippen LogP contribution in [0.15, 0.2) is 40.4 Å². The first-order valence-electron chi connectivity index (χ1n) is 7.47. The van der Waals surface area contributed by atoms with Crippen molar-refractivity contribution < 1.29 is 0 Å². The number of thioether (sulfide) groups is 1. The smallest absolute Gasteiger partial charge is 0.191 e. The van der Waals surface area contributed by atoms with Gasteiger partial charge in [-0.2, -0.15) is 0 Å². The second-order valence-electron chi connectivity index (χ2n) is 4.73. The van der Waals surface area contributed by atoms with Gasteiger partial charge >= 0.3 is 0 Å². The molecule has 0 aliphatic rings. The third kappa shape index (κ3) is 6.41. The van der Waals surface area contributed by atoms with Crippen LogP contribution < -0.4 is 10.6 Å². The zero-order chi connectivity index (χ0) is 16.5. The Morgan fingerprint density at radius 1 is 1.30 bits per heavy atom. The number of hydrogen-bond donors (Lipinski definition) is 2. The number of aromatic nitrogens is 1. The van der Waals surface area contributed by atoms with Crippen LogP contribution in [-0.4, -0.2) is 30.3 Å². The average molecular weight is 369 g/mol. The molecule has 0 unspecified atom stereocenters. The first-order chi connectivity index (χ1) is 11.2. The van der Waals surface area contributed by atoms with Crippen molar-refractivity contribution in [3.8, 4) is 0 Å². The van der Waals surface area contributed by atoms with Gasteiger partial charge in [0.2, 0.25) is 0 Å². The Morgan fingerprint density at radius 3 is 2.74 bits per heavy atom. The van der Waals surface area contributed by atoms with Crippen LogP contribution in [0.1, 0.15) is 16.8 Å². The van der Waals surface area contributed by atoms with E-state index in [0.29, 0.717) is 6.54 Å². The molecule has 124 valence electrons. The number of nitrogens with one attached hydrogen (secondary N) is 2. The summed E-state index contributed by atoms with van der Waals surface area (Å²) in [4.78, 5) is 11.2. The molecule has 23 heavy (non-hydrogen) atoms. The van der Waals surface area contributed by atoms with Gasteiger partial charge in [-0.3, -0.25) is 4.99 Å². The van der Waals surface area contributed by atoms with E-state index in [9.17, 15) is 0 Å². The fraction of sp³-hybridized carbons (Fsp3) is 0.375. The number of halogens is 1. The molecule has 1 heterocycles. The molecule has 0 atom stereocenters. The maximum absolute atomic E-state index is 5.88. The maximum atomic E-state index is 5.88. The van der Waals surface area contributed by atoms with E-state index >= 15 is 0 Å². The van der Waals surface area contributed by atoms with E-state index in [1.165, 1.54) is 9.77 Å². The molecule has 2 rings (SSSR count). The summed E-state index contributed by atoms with van der Waals surface area (Å²) in [6.45, 7) is 3.68. The molecule has 0 amide bonds. The van der Waals surface area contributed by atoms with Gasteiger partial charge in [-0.05, 0) is 30.7 Å². The predicted octanol–water partition coefficient (Wildman–Crippen LogP) is 3.82. The van der Waals surface area contributed by atoms with Gasteiger partial charge in [-0.15, -0.1) is 23.1 Å². The number of aryl methyl sites for hydroxylation is 1. The van der Waals surface area contributed by atoms with Crippen LogP contribution in [0.5, 0.6) is 0 Å². The van der Waals surface area contributed by atoms with Crippen LogP contribution in [-0.2, 0) is 13.0 Å². The number of benzene rings is 1. The lowest BCUT2D eigenvalue weighted by molar-refractivity contribution is 0.827. The number of nitrogens with zero attached hydrogens (tertiary/aromatic N) is 2. The fourth-order valence-corrected chi connectivity index (χ4v) is 3.54. The van der Waals surface area contributed by atoms with Crippen LogP contribution >= 0.6 is 34.7 Å². The highest BCUT2D eigenvalue weighted by atomic mass is 35.5. The van der Waals surface area contributed by atoms with E-state index in [0.717, 1.165) is 34.7 Å². The van der Waals surface area contributed by atoms with Crippen LogP contribution in [0.3, 0.4) is 0 Å². The van der Waals surface area contributed by atoms with E-state index in [2.05, 4.69) is 27.5 Å². The third-order valence-corrected chi connectivity index (χ3v) is 5.46. The van der Waals surface area contributed by atoms with Gasteiger partial charge in [-0.25, -0.2) is 4.98 Å². The quantitative estimate of drug-likeness (QED) is 0.337. The first kappa shape index (κ1) is 18.1. The highest BCUT2D eigenvalue weighted by molar-refractivity contribution is 7.99. The molecule has 4 nitrogen and oxygen atoms in total. The Kier molecular flexibility index (Phi) is 7.71. The summed E-state index contributed by atoms with van der Waals surface area (Å²) in [6, 6.07) is 7.90. The van der Waals surface area contributed by atoms with E-state index in [1.807, 2.05) is 30.5 Å². The molecule has 0 radical (unpaired) electrons. The molecular formula is C16H21ClN4S2. The van der Waals surface area contributed by atoms with Crippen molar-refractivity contribution in [3.63, 3.8) is 0 Å². The SMILES string of the molecule is CCc1cnc(CNC(=NC)NCCSc2ccc(Cl)cc2)s1. The van der Waals surface area contributed by atoms with Gasteiger partial charge < -0.3 is 10.6 Å². The van der Waals surface area contributed by atoms with Gasteiger partial charge in [0.05, 0.1) is 6.54 Å². The topological polar surface area (TPSA) is 49.3 Å². The number of guanidine groups is 1. The average Bonchev–Trinajstić information content (AvgIpc) is 3.04. The largest absolute Gasteiger partial charge is 0.356 e. The fourth-order valence-electron chi connectivity index (χ4n) is 1.84. The molecular weight excluding hydrogens is 348 g/mol. The van der Waals surface area contributed by atoms with E-state index in [1.54, 1.807) is 30.1 Å². The number of hydrogen-bond acceptors (Lipinski definition) is 4. The van der Waals surface area contributed by atoms with Crippen LogP contribution in [0.2, 0.25) is 5.02 Å². The third-order valence-electron chi connectivity index (χ3n) is 3.06. The Morgan fingerprint density at radius 2 is 2.09 bits per heavy atom. The predicted molar refractivity (Wildman–Crippen MR) is 102 cm³/mol. The van der Waals surface area contributed by atoms with Gasteiger partial charge in [0, 0.05) is 40.3 Å². The minimum Gasteiger partial charge on any atom is -0.356 e. The van der Waals surface area contributed by atoms with Gasteiger partial charge in [0.15, 0.2) is 5.96 Å². The second-order valence-corrected chi connectivity index (χ2v) is 7.53. The Balaban J connectivity index is 1.67. The monoisotopic (exact) mass is 368 g/mol. The standard InChI is InChI=1S/C16H21ClN4S2/c1-3-13-10-20-15(23-13)11-21-16(18-2)19-8-9-22-14-6-4-12(17)5-7-14/h4-7,10H,3,8-9,11H2,1-2H3,(H2,18,19,21). The Bertz CT molecular complexity index is 625. The second kappa shape index (κ2) is 9.80. The van der Waals surface area contributed by atoms with E-state index < -0.39 is 0 Å². The van der Waals surface area contributed by atoms with Gasteiger partial charge in [0.1, 0.15) is 5.01 Å². The highest BCUT2D eigenvalue weighted by Gasteiger charge is 2.02. The molecule has 2 aromatic rings. The summed E-state index contributed by atoms with van der Waals surface area (Å²) in [5.74, 6) is 1.76. The number of aliphatic imine (C=N–C) groups is 1. The lowest BCUT2D eigenvalue weighted by Gasteiger charge is -2.10. The van der Waals surface area contributed by atoms with Crippen LogP contribution in [0.4, 0.5) is 0 Å². The van der Waals surface area contributed by atoms with Gasteiger partial charge in [-0.1, -0.05) is 18.5 Å². The molecule has 2 N–H and O–H groups in total. The normalized spacial score (nSPS) is 11.5. The van der Waals surface area contributed by atoms with Crippen molar-refractivity contribution in [2.45, 2.75) is 24.8 Å². The lowest BCUT2D eigenvalue weighted by atomic mass is 10.4. The minimum absolute atomic E-state index is 0.703. The van der Waals surface area contributed by atoms with Crippen molar-refractivity contribution in [3.05, 3.63) is 45.4 Å². The lowest BCUT2D eigenvalue weighted by Crippen LogP contribution is -2.37. The molecule has 1 aromatic heterocycles. The first-order valence-corrected chi connectivity index (χ1v) is 9.65. The van der Waals surface area contributed by atoms with Crippen molar-refractivity contribution in [2.75, 3.05) is 19.3 Å². The Labute approximate surface area is 150 Å². The zero-order valence-corrected chi connectivity index (χ0v) is 15.7. The molecule has 0 bridgehead atoms. The van der Waals surface area contributed by atoms with Crippen molar-refractivity contribution in [1.82, 2.24) is 15.6 Å². The molecule has 0 spiro atoms. The number of rotatable bonds is 7. The van der Waals surface area contributed by atoms with Gasteiger partial charge in [0.25, 0.3) is 0 Å². The maximum Gasteiger partial charge on any atom is 0.191 e. The summed E-state index contributed by atoms with van der Waals surface area (Å²) in [6.07, 6.45) is 2.98. The summed E-state index contributed by atoms with van der Waals surface area (Å²) < 4.78 is 0. The number of thiazole rings is 1. The van der Waals surface area contributed by atoms with E-state index in [4.69, 9.17) is 11.6 Å². The highest BCUT2D eigenvalue weighted by Crippen LogP contribution is 2.19. The Hall–Kier alpha value is -1.24. The minimum atomic E-state index is 0.703. The molecule has 0 aliphatic heterocycles. The molecule has 0 saturated carbocycles. The van der Waals surface area contributed by atoms with Crippen LogP contribution in [0, 0.1) is 0 Å². The summed E-state index contributed by atoms with van der Waals surface area (Å²) in [5, 5.41) is 8.45. The summed E-state index contributed by atoms with van der Waals surface area (Å²) in [5.41, 5.74) is 0.